The van der Waals surface area contributed by atoms with E-state index in [-0.39, 0.29) is 0 Å². The van der Waals surface area contributed by atoms with Crippen LogP contribution >= 0.6 is 11.3 Å². The molecule has 0 radical (unpaired) electrons. The smallest absolute Gasteiger partial charge is 0.238 e. The minimum Gasteiger partial charge on any atom is -0.277 e. The van der Waals surface area contributed by atoms with E-state index in [2.05, 4.69) is 193 Å². The van der Waals surface area contributed by atoms with Crippen LogP contribution in [-0.2, 0) is 0 Å². The minimum absolute atomic E-state index is 0.576. The molecule has 0 saturated heterocycles. The fraction of sp³-hybridized carbons (Fsp3) is 0.0364. The van der Waals surface area contributed by atoms with E-state index in [1.54, 1.807) is 0 Å². The molecule has 5 heteroatoms. The van der Waals surface area contributed by atoms with Gasteiger partial charge >= 0.3 is 0 Å². The third kappa shape index (κ3) is 5.85. The summed E-state index contributed by atoms with van der Waals surface area (Å²) < 4.78 is 4.83. The van der Waals surface area contributed by atoms with Gasteiger partial charge in [0, 0.05) is 53.2 Å². The first-order chi connectivity index (χ1) is 29.7. The lowest BCUT2D eigenvalue weighted by atomic mass is 9.98. The molecule has 0 aliphatic carbocycles. The largest absolute Gasteiger partial charge is 0.277 e. The summed E-state index contributed by atoms with van der Waals surface area (Å²) in [6, 6.07) is 69.1. The van der Waals surface area contributed by atoms with Crippen molar-refractivity contribution in [3.8, 4) is 51.0 Å². The zero-order chi connectivity index (χ0) is 40.2. The van der Waals surface area contributed by atoms with Gasteiger partial charge in [-0.2, -0.15) is 9.97 Å². The molecule has 0 saturated carbocycles. The van der Waals surface area contributed by atoms with E-state index >= 15 is 0 Å². The molecule has 0 amide bonds. The fourth-order valence-electron chi connectivity index (χ4n) is 8.71. The molecule has 0 fully saturated rings. The van der Waals surface area contributed by atoms with Crippen LogP contribution in [0, 0.1) is 0 Å². The summed E-state index contributed by atoms with van der Waals surface area (Å²) in [5.74, 6) is 1.82. The number of hydrogen-bond acceptors (Lipinski definition) is 4. The van der Waals surface area contributed by atoms with E-state index in [1.165, 1.54) is 52.8 Å². The Morgan fingerprint density at radius 3 is 1.80 bits per heavy atom. The van der Waals surface area contributed by atoms with Gasteiger partial charge in [0.1, 0.15) is 0 Å². The SMILES string of the molecule is CC.c1ccc(-c2ccc(-c3nc(-c4ccc5ccccc5c4)nc(-n4c5ccc6ccccc6c5c5cccc(-c6cccc7c6sc6ccccc67)c54)n3)cc2)cc1. The molecule has 0 aliphatic heterocycles. The minimum atomic E-state index is 0.576. The Hall–Kier alpha value is -7.47. The second kappa shape index (κ2) is 14.7. The Bertz CT molecular complexity index is 3560. The number of aromatic nitrogens is 4. The number of hydrogen-bond donors (Lipinski definition) is 0. The number of nitrogens with zero attached hydrogens (tertiary/aromatic N) is 4. The van der Waals surface area contributed by atoms with Gasteiger partial charge in [-0.05, 0) is 50.9 Å². The highest BCUT2D eigenvalue weighted by Gasteiger charge is 2.23. The van der Waals surface area contributed by atoms with Gasteiger partial charge in [-0.15, -0.1) is 11.3 Å². The number of fused-ring (bicyclic) bond motifs is 9. The van der Waals surface area contributed by atoms with Gasteiger partial charge < -0.3 is 0 Å². The first-order valence-electron chi connectivity index (χ1n) is 20.5. The van der Waals surface area contributed by atoms with Crippen LogP contribution < -0.4 is 0 Å². The topological polar surface area (TPSA) is 43.6 Å². The van der Waals surface area contributed by atoms with E-state index in [0.29, 0.717) is 17.6 Å². The predicted octanol–water partition coefficient (Wildman–Crippen LogP) is 15.3. The normalized spacial score (nSPS) is 11.5. The molecular weight excluding hydrogens is 749 g/mol. The quantitative estimate of drug-likeness (QED) is 0.174. The maximum Gasteiger partial charge on any atom is 0.238 e. The Morgan fingerprint density at radius 2 is 0.983 bits per heavy atom. The van der Waals surface area contributed by atoms with Crippen molar-refractivity contribution in [2.24, 2.45) is 0 Å². The van der Waals surface area contributed by atoms with Gasteiger partial charge in [-0.3, -0.25) is 4.57 Å². The number of para-hydroxylation sites is 1. The molecule has 3 aromatic heterocycles. The molecule has 0 atom stereocenters. The average molecular weight is 787 g/mol. The van der Waals surface area contributed by atoms with Crippen LogP contribution in [0.5, 0.6) is 0 Å². The van der Waals surface area contributed by atoms with Crippen LogP contribution in [0.3, 0.4) is 0 Å². The lowest BCUT2D eigenvalue weighted by Gasteiger charge is -2.14. The van der Waals surface area contributed by atoms with Gasteiger partial charge in [0.2, 0.25) is 5.95 Å². The van der Waals surface area contributed by atoms with Crippen LogP contribution in [0.25, 0.3) is 115 Å². The van der Waals surface area contributed by atoms with Crippen molar-refractivity contribution in [1.29, 1.82) is 0 Å². The lowest BCUT2D eigenvalue weighted by Crippen LogP contribution is -2.07. The van der Waals surface area contributed by atoms with Gasteiger partial charge in [0.05, 0.1) is 11.0 Å². The molecule has 0 aliphatic rings. The second-order valence-electron chi connectivity index (χ2n) is 14.8. The van der Waals surface area contributed by atoms with Crippen LogP contribution in [0.1, 0.15) is 13.8 Å². The van der Waals surface area contributed by atoms with E-state index in [1.807, 2.05) is 31.3 Å². The third-order valence-corrected chi connectivity index (χ3v) is 12.7. The Kier molecular flexibility index (Phi) is 8.75. The average Bonchev–Trinajstić information content (AvgIpc) is 3.89. The predicted molar refractivity (Wildman–Crippen MR) is 255 cm³/mol. The van der Waals surface area contributed by atoms with E-state index in [4.69, 9.17) is 15.0 Å². The molecular formula is C55H38N4S. The van der Waals surface area contributed by atoms with Crippen LogP contribution in [-0.4, -0.2) is 19.5 Å². The maximum atomic E-state index is 5.40. The Labute approximate surface area is 351 Å². The summed E-state index contributed by atoms with van der Waals surface area (Å²) >= 11 is 1.85. The Morgan fingerprint density at radius 1 is 0.400 bits per heavy atom. The van der Waals surface area contributed by atoms with Crippen LogP contribution in [0.15, 0.2) is 194 Å². The highest BCUT2D eigenvalue weighted by molar-refractivity contribution is 7.26. The van der Waals surface area contributed by atoms with Crippen molar-refractivity contribution in [2.45, 2.75) is 13.8 Å². The number of thiophene rings is 1. The van der Waals surface area contributed by atoms with E-state index < -0.39 is 0 Å². The molecule has 4 nitrogen and oxygen atoms in total. The molecule has 12 rings (SSSR count). The Balaban J connectivity index is 0.00000201. The monoisotopic (exact) mass is 786 g/mol. The summed E-state index contributed by atoms with van der Waals surface area (Å²) in [5, 5.41) is 9.58. The molecule has 9 aromatic carbocycles. The van der Waals surface area contributed by atoms with Crippen molar-refractivity contribution in [3.05, 3.63) is 194 Å². The fourth-order valence-corrected chi connectivity index (χ4v) is 9.94. The molecule has 0 bridgehead atoms. The summed E-state index contributed by atoms with van der Waals surface area (Å²) in [6.45, 7) is 4.00. The molecule has 284 valence electrons. The standard InChI is InChI=1S/C53H32N4S.C2H6/c1-2-12-33(13-3-1)35-24-27-37(28-25-35)51-54-52(39-29-26-34-14-4-5-16-38(34)32-39)56-53(55-51)57-46-31-30-36-15-6-7-17-40(36)48(46)45-22-10-19-42(49(45)57)44-21-11-20-43-41-18-8-9-23-47(41)58-50(43)44;1-2/h1-32H;1-2H3. The van der Waals surface area contributed by atoms with Gasteiger partial charge in [0.15, 0.2) is 11.6 Å². The summed E-state index contributed by atoms with van der Waals surface area (Å²) in [5.41, 5.74) is 8.61. The van der Waals surface area contributed by atoms with Gasteiger partial charge in [-0.1, -0.05) is 190 Å². The van der Waals surface area contributed by atoms with Crippen molar-refractivity contribution in [3.63, 3.8) is 0 Å². The van der Waals surface area contributed by atoms with Crippen LogP contribution in [0.2, 0.25) is 0 Å². The summed E-state index contributed by atoms with van der Waals surface area (Å²) in [4.78, 5) is 16.0. The first kappa shape index (κ1) is 35.7. The van der Waals surface area contributed by atoms with Gasteiger partial charge in [0.25, 0.3) is 0 Å². The second-order valence-corrected chi connectivity index (χ2v) is 15.8. The van der Waals surface area contributed by atoms with Crippen molar-refractivity contribution in [2.75, 3.05) is 0 Å². The highest BCUT2D eigenvalue weighted by atomic mass is 32.1. The van der Waals surface area contributed by atoms with E-state index in [0.717, 1.165) is 44.1 Å². The van der Waals surface area contributed by atoms with Crippen LogP contribution in [0.4, 0.5) is 0 Å². The number of rotatable bonds is 5. The van der Waals surface area contributed by atoms with Crippen molar-refractivity contribution < 1.29 is 0 Å². The van der Waals surface area contributed by atoms with Crippen molar-refractivity contribution in [1.82, 2.24) is 19.5 Å². The summed E-state index contributed by atoms with van der Waals surface area (Å²) in [7, 11) is 0. The molecule has 60 heavy (non-hydrogen) atoms. The molecule has 0 N–H and O–H groups in total. The molecule has 0 unspecified atom stereocenters. The van der Waals surface area contributed by atoms with E-state index in [9.17, 15) is 0 Å². The highest BCUT2D eigenvalue weighted by Crippen LogP contribution is 2.45. The number of benzene rings is 9. The molecule has 12 aromatic rings. The molecule has 3 heterocycles. The zero-order valence-electron chi connectivity index (χ0n) is 33.2. The molecule has 0 spiro atoms. The maximum absolute atomic E-state index is 5.40. The summed E-state index contributed by atoms with van der Waals surface area (Å²) in [6.07, 6.45) is 0. The van der Waals surface area contributed by atoms with Gasteiger partial charge in [-0.25, -0.2) is 4.98 Å². The third-order valence-electron chi connectivity index (χ3n) is 11.5. The zero-order valence-corrected chi connectivity index (χ0v) is 34.0. The van der Waals surface area contributed by atoms with Crippen molar-refractivity contribution >= 4 is 74.9 Å². The lowest BCUT2D eigenvalue weighted by molar-refractivity contribution is 0.954. The first-order valence-corrected chi connectivity index (χ1v) is 21.3.